The van der Waals surface area contributed by atoms with Crippen molar-refractivity contribution in [1.29, 1.82) is 0 Å². The highest BCUT2D eigenvalue weighted by molar-refractivity contribution is 7.89. The largest absolute Gasteiger partial charge is 0.495 e. The number of aryl methyl sites for hydroxylation is 2. The predicted octanol–water partition coefficient (Wildman–Crippen LogP) is 1.49. The van der Waals surface area contributed by atoms with E-state index >= 15 is 0 Å². The molecule has 9 heteroatoms. The van der Waals surface area contributed by atoms with E-state index in [9.17, 15) is 13.2 Å². The fourth-order valence-electron chi connectivity index (χ4n) is 3.52. The minimum absolute atomic E-state index is 0.142. The second-order valence-electron chi connectivity index (χ2n) is 7.50. The SMILES string of the molecule is COc1ccc(NC(=O)C[NH+]2CCN(S(=O)(=O)c3cc(C)ccc3C)CC2)cc1Cl. The van der Waals surface area contributed by atoms with Gasteiger partial charge in [-0.3, -0.25) is 4.79 Å². The number of methoxy groups -OCH3 is 1. The lowest BCUT2D eigenvalue weighted by Crippen LogP contribution is -3.15. The second kappa shape index (κ2) is 9.34. The molecule has 1 saturated heterocycles. The van der Waals surface area contributed by atoms with Crippen LogP contribution >= 0.6 is 11.6 Å². The van der Waals surface area contributed by atoms with Gasteiger partial charge in [0.25, 0.3) is 5.91 Å². The first-order valence-corrected chi connectivity index (χ1v) is 11.6. The molecule has 162 valence electrons. The van der Waals surface area contributed by atoms with Gasteiger partial charge in [0.1, 0.15) is 5.75 Å². The van der Waals surface area contributed by atoms with Crippen LogP contribution in [0.2, 0.25) is 5.02 Å². The molecule has 1 fully saturated rings. The summed E-state index contributed by atoms with van der Waals surface area (Å²) in [5.41, 5.74) is 2.26. The molecule has 7 nitrogen and oxygen atoms in total. The highest BCUT2D eigenvalue weighted by Gasteiger charge is 2.32. The quantitative estimate of drug-likeness (QED) is 0.696. The molecule has 2 N–H and O–H groups in total. The van der Waals surface area contributed by atoms with Gasteiger partial charge in [-0.25, -0.2) is 8.42 Å². The van der Waals surface area contributed by atoms with Crippen molar-refractivity contribution in [2.24, 2.45) is 0 Å². The third kappa shape index (κ3) is 5.13. The first kappa shape index (κ1) is 22.6. The molecule has 0 radical (unpaired) electrons. The van der Waals surface area contributed by atoms with Gasteiger partial charge in [-0.1, -0.05) is 23.7 Å². The van der Waals surface area contributed by atoms with E-state index in [1.165, 1.54) is 11.4 Å². The Bertz CT molecular complexity index is 1030. The van der Waals surface area contributed by atoms with E-state index in [1.54, 1.807) is 24.3 Å². The number of carbonyl (C=O) groups excluding carboxylic acids is 1. The molecule has 2 aromatic rings. The topological polar surface area (TPSA) is 80.2 Å². The molecular weight excluding hydrogens is 426 g/mol. The standard InChI is InChI=1S/C21H26ClN3O4S/c1-15-4-5-16(2)20(12-15)30(27,28)25-10-8-24(9-11-25)14-21(26)23-17-6-7-19(29-3)18(22)13-17/h4-7,12-13H,8-11,14H2,1-3H3,(H,23,26)/p+1. The summed E-state index contributed by atoms with van der Waals surface area (Å²) in [5.74, 6) is 0.401. The molecule has 30 heavy (non-hydrogen) atoms. The van der Waals surface area contributed by atoms with Crippen LogP contribution in [0.5, 0.6) is 5.75 Å². The summed E-state index contributed by atoms with van der Waals surface area (Å²) in [5, 5.41) is 3.25. The van der Waals surface area contributed by atoms with Crippen LogP contribution in [0.15, 0.2) is 41.3 Å². The maximum absolute atomic E-state index is 13.0. The molecule has 1 aliphatic rings. The number of nitrogens with one attached hydrogen (secondary N) is 2. The first-order valence-electron chi connectivity index (χ1n) is 9.75. The van der Waals surface area contributed by atoms with Crippen LogP contribution in [0.25, 0.3) is 0 Å². The van der Waals surface area contributed by atoms with Crippen molar-refractivity contribution in [3.05, 3.63) is 52.5 Å². The Hall–Kier alpha value is -2.13. The maximum atomic E-state index is 13.0. The van der Waals surface area contributed by atoms with Crippen molar-refractivity contribution in [2.45, 2.75) is 18.7 Å². The summed E-state index contributed by atoms with van der Waals surface area (Å²) in [4.78, 5) is 13.8. The number of nitrogens with zero attached hydrogens (tertiary/aromatic N) is 1. The van der Waals surface area contributed by atoms with Crippen molar-refractivity contribution >= 4 is 33.2 Å². The van der Waals surface area contributed by atoms with Gasteiger partial charge < -0.3 is 15.0 Å². The van der Waals surface area contributed by atoms with Gasteiger partial charge in [0, 0.05) is 5.69 Å². The fourth-order valence-corrected chi connectivity index (χ4v) is 5.53. The third-order valence-electron chi connectivity index (χ3n) is 5.24. The van der Waals surface area contributed by atoms with E-state index < -0.39 is 10.0 Å². The molecule has 3 rings (SSSR count). The Morgan fingerprint density at radius 3 is 2.50 bits per heavy atom. The van der Waals surface area contributed by atoms with Crippen LogP contribution in [0.4, 0.5) is 5.69 Å². The maximum Gasteiger partial charge on any atom is 0.279 e. The summed E-state index contributed by atoms with van der Waals surface area (Å²) in [6, 6.07) is 10.5. The van der Waals surface area contributed by atoms with E-state index in [0.29, 0.717) is 47.5 Å². The Morgan fingerprint density at radius 1 is 1.17 bits per heavy atom. The van der Waals surface area contributed by atoms with Gasteiger partial charge in [0.15, 0.2) is 6.54 Å². The van der Waals surface area contributed by atoms with E-state index in [-0.39, 0.29) is 12.5 Å². The Labute approximate surface area is 182 Å². The van der Waals surface area contributed by atoms with Crippen molar-refractivity contribution < 1.29 is 22.8 Å². The lowest BCUT2D eigenvalue weighted by molar-refractivity contribution is -0.895. The average Bonchev–Trinajstić information content (AvgIpc) is 2.70. The van der Waals surface area contributed by atoms with Crippen molar-refractivity contribution in [3.63, 3.8) is 0 Å². The number of carbonyl (C=O) groups is 1. The van der Waals surface area contributed by atoms with Crippen molar-refractivity contribution in [3.8, 4) is 5.75 Å². The van der Waals surface area contributed by atoms with Crippen molar-refractivity contribution in [2.75, 3.05) is 45.2 Å². The van der Waals surface area contributed by atoms with Gasteiger partial charge in [-0.2, -0.15) is 4.31 Å². The highest BCUT2D eigenvalue weighted by Crippen LogP contribution is 2.27. The number of quaternary nitrogens is 1. The number of hydrogen-bond donors (Lipinski definition) is 2. The normalized spacial score (nSPS) is 15.7. The molecule has 0 spiro atoms. The van der Waals surface area contributed by atoms with Crippen LogP contribution in [0, 0.1) is 13.8 Å². The van der Waals surface area contributed by atoms with E-state index in [4.69, 9.17) is 16.3 Å². The van der Waals surface area contributed by atoms with Crippen LogP contribution in [0.1, 0.15) is 11.1 Å². The molecule has 1 amide bonds. The van der Waals surface area contributed by atoms with Gasteiger partial charge >= 0.3 is 0 Å². The number of benzene rings is 2. The first-order chi connectivity index (χ1) is 14.2. The second-order valence-corrected chi connectivity index (χ2v) is 9.81. The number of anilines is 1. The summed E-state index contributed by atoms with van der Waals surface area (Å²) < 4.78 is 32.7. The zero-order valence-electron chi connectivity index (χ0n) is 17.4. The number of piperazine rings is 1. The zero-order chi connectivity index (χ0) is 21.9. The summed E-state index contributed by atoms with van der Waals surface area (Å²) in [7, 11) is -2.00. The molecule has 0 aromatic heterocycles. The van der Waals surface area contributed by atoms with Crippen LogP contribution in [-0.4, -0.2) is 58.5 Å². The molecule has 0 unspecified atom stereocenters. The summed E-state index contributed by atoms with van der Waals surface area (Å²) >= 11 is 6.09. The van der Waals surface area contributed by atoms with E-state index in [2.05, 4.69) is 5.32 Å². The van der Waals surface area contributed by atoms with Crippen molar-refractivity contribution in [1.82, 2.24) is 4.31 Å². The highest BCUT2D eigenvalue weighted by atomic mass is 35.5. The number of sulfonamides is 1. The minimum atomic E-state index is -3.53. The van der Waals surface area contributed by atoms with Crippen LogP contribution in [-0.2, 0) is 14.8 Å². The molecule has 1 heterocycles. The Balaban J connectivity index is 1.57. The number of ether oxygens (including phenoxy) is 1. The molecule has 2 aromatic carbocycles. The zero-order valence-corrected chi connectivity index (χ0v) is 18.9. The summed E-state index contributed by atoms with van der Waals surface area (Å²) in [6.07, 6.45) is 0. The molecule has 0 aliphatic carbocycles. The minimum Gasteiger partial charge on any atom is -0.495 e. The van der Waals surface area contributed by atoms with E-state index in [1.807, 2.05) is 26.0 Å². The molecule has 0 atom stereocenters. The number of rotatable bonds is 6. The average molecular weight is 453 g/mol. The third-order valence-corrected chi connectivity index (χ3v) is 7.57. The Kier molecular flexibility index (Phi) is 7.02. The Morgan fingerprint density at radius 2 is 1.87 bits per heavy atom. The summed E-state index contributed by atoms with van der Waals surface area (Å²) in [6.45, 7) is 5.86. The van der Waals surface area contributed by atoms with Gasteiger partial charge in [-0.05, 0) is 49.2 Å². The van der Waals surface area contributed by atoms with Crippen LogP contribution in [0.3, 0.4) is 0 Å². The van der Waals surface area contributed by atoms with E-state index in [0.717, 1.165) is 16.0 Å². The number of amides is 1. The molecular formula is C21H27ClN3O4S+. The molecule has 0 bridgehead atoms. The smallest absolute Gasteiger partial charge is 0.279 e. The molecule has 1 aliphatic heterocycles. The lowest BCUT2D eigenvalue weighted by atomic mass is 10.2. The number of hydrogen-bond acceptors (Lipinski definition) is 4. The fraction of sp³-hybridized carbons (Fsp3) is 0.381. The van der Waals surface area contributed by atoms with Gasteiger partial charge in [0.05, 0.1) is 43.2 Å². The number of halogens is 1. The van der Waals surface area contributed by atoms with Gasteiger partial charge in [-0.15, -0.1) is 0 Å². The monoisotopic (exact) mass is 452 g/mol. The lowest BCUT2D eigenvalue weighted by Gasteiger charge is -2.31. The van der Waals surface area contributed by atoms with Gasteiger partial charge in [0.2, 0.25) is 10.0 Å². The predicted molar refractivity (Wildman–Crippen MR) is 117 cm³/mol. The van der Waals surface area contributed by atoms with Crippen LogP contribution < -0.4 is 15.0 Å². The molecule has 0 saturated carbocycles.